The molecule has 0 spiro atoms. The lowest BCUT2D eigenvalue weighted by Gasteiger charge is -2.25. The molecule has 92 heavy (non-hydrogen) atoms. The SMILES string of the molecule is CC/C=C\C/C=C\C/C=C\C/C=C\CCCCCCCCCCCCCCCCC(=O)OC(COC(=O)CCCCCCCCCCCCCCCCCCCCCCCCCCCCCCCCCCCCCCCCCC)COC(OCC[N+](C)(C)C)C(=O)O. The van der Waals surface area contributed by atoms with E-state index in [0.29, 0.717) is 17.4 Å². The van der Waals surface area contributed by atoms with Crippen molar-refractivity contribution in [3.8, 4) is 0 Å². The quantitative estimate of drug-likeness (QED) is 0.0211. The summed E-state index contributed by atoms with van der Waals surface area (Å²) in [6, 6.07) is 0. The van der Waals surface area contributed by atoms with Gasteiger partial charge in [-0.3, -0.25) is 9.59 Å². The lowest BCUT2D eigenvalue weighted by Crippen LogP contribution is -2.40. The molecular formula is C83H156NO8+. The highest BCUT2D eigenvalue weighted by molar-refractivity contribution is 5.71. The first-order chi connectivity index (χ1) is 45.1. The Morgan fingerprint density at radius 2 is 0.620 bits per heavy atom. The molecule has 0 amide bonds. The fourth-order valence-corrected chi connectivity index (χ4v) is 12.2. The van der Waals surface area contributed by atoms with Crippen molar-refractivity contribution in [3.63, 3.8) is 0 Å². The molecule has 0 aromatic heterocycles. The predicted octanol–water partition coefficient (Wildman–Crippen LogP) is 25.7. The van der Waals surface area contributed by atoms with E-state index in [1.54, 1.807) is 0 Å². The van der Waals surface area contributed by atoms with Gasteiger partial charge in [0.1, 0.15) is 13.2 Å². The molecule has 0 rings (SSSR count). The Kier molecular flexibility index (Phi) is 71.8. The summed E-state index contributed by atoms with van der Waals surface area (Å²) in [5.74, 6) is -1.98. The normalized spacial score (nSPS) is 12.8. The Balaban J connectivity index is 3.93. The number of aliphatic carboxylic acids is 1. The molecule has 2 unspecified atom stereocenters. The number of carboxylic acid groups (broad SMARTS) is 1. The third kappa shape index (κ3) is 74.6. The van der Waals surface area contributed by atoms with Crippen LogP contribution in [0.2, 0.25) is 0 Å². The number of esters is 2. The second-order valence-corrected chi connectivity index (χ2v) is 28.7. The van der Waals surface area contributed by atoms with Gasteiger partial charge in [0.25, 0.3) is 6.29 Å². The van der Waals surface area contributed by atoms with Gasteiger partial charge in [0.15, 0.2) is 6.10 Å². The molecule has 0 radical (unpaired) electrons. The third-order valence-corrected chi connectivity index (χ3v) is 18.3. The van der Waals surface area contributed by atoms with E-state index in [1.807, 2.05) is 21.1 Å². The largest absolute Gasteiger partial charge is 0.477 e. The fourth-order valence-electron chi connectivity index (χ4n) is 12.2. The molecule has 0 fully saturated rings. The van der Waals surface area contributed by atoms with Gasteiger partial charge in [0, 0.05) is 12.8 Å². The minimum absolute atomic E-state index is 0.178. The smallest absolute Gasteiger partial charge is 0.361 e. The summed E-state index contributed by atoms with van der Waals surface area (Å²) in [5.41, 5.74) is 0. The number of nitrogens with zero attached hydrogens (tertiary/aromatic N) is 1. The zero-order valence-corrected chi connectivity index (χ0v) is 62.0. The van der Waals surface area contributed by atoms with Crippen molar-refractivity contribution < 1.29 is 42.9 Å². The van der Waals surface area contributed by atoms with Crippen molar-refractivity contribution in [2.45, 2.75) is 418 Å². The first-order valence-corrected chi connectivity index (χ1v) is 40.3. The molecule has 2 atom stereocenters. The zero-order valence-electron chi connectivity index (χ0n) is 62.0. The van der Waals surface area contributed by atoms with Gasteiger partial charge < -0.3 is 28.5 Å². The Hall–Kier alpha value is -2.75. The lowest BCUT2D eigenvalue weighted by molar-refractivity contribution is -0.870. The van der Waals surface area contributed by atoms with E-state index in [9.17, 15) is 19.5 Å². The molecule has 0 aromatic carbocycles. The van der Waals surface area contributed by atoms with Crippen LogP contribution in [0, 0.1) is 0 Å². The number of allylic oxidation sites excluding steroid dienone is 8. The number of carboxylic acids is 1. The molecule has 0 bridgehead atoms. The van der Waals surface area contributed by atoms with Crippen molar-refractivity contribution in [2.75, 3.05) is 47.5 Å². The molecule has 0 aliphatic heterocycles. The van der Waals surface area contributed by atoms with Crippen LogP contribution in [0.3, 0.4) is 0 Å². The molecule has 0 aliphatic carbocycles. The Morgan fingerprint density at radius 3 is 0.924 bits per heavy atom. The van der Waals surface area contributed by atoms with Crippen LogP contribution in [0.1, 0.15) is 406 Å². The fraction of sp³-hybridized carbons (Fsp3) is 0.867. The van der Waals surface area contributed by atoms with Crippen molar-refractivity contribution in [2.24, 2.45) is 0 Å². The van der Waals surface area contributed by atoms with Crippen molar-refractivity contribution >= 4 is 17.9 Å². The number of hydrogen-bond acceptors (Lipinski definition) is 7. The van der Waals surface area contributed by atoms with Crippen LogP contribution < -0.4 is 0 Å². The predicted molar refractivity (Wildman–Crippen MR) is 397 cm³/mol. The molecule has 540 valence electrons. The Bertz CT molecular complexity index is 1650. The minimum Gasteiger partial charge on any atom is -0.477 e. The number of likely N-dealkylation sites (N-methyl/N-ethyl adjacent to an activating group) is 1. The Morgan fingerprint density at radius 1 is 0.337 bits per heavy atom. The number of quaternary nitrogens is 1. The molecule has 0 heterocycles. The first kappa shape index (κ1) is 89.2. The number of carbonyl (C=O) groups is 3. The van der Waals surface area contributed by atoms with Crippen LogP contribution in [0.4, 0.5) is 0 Å². The molecule has 9 heteroatoms. The van der Waals surface area contributed by atoms with Gasteiger partial charge >= 0.3 is 17.9 Å². The van der Waals surface area contributed by atoms with Crippen LogP contribution >= 0.6 is 0 Å². The molecule has 0 aromatic rings. The molecule has 0 saturated carbocycles. The van der Waals surface area contributed by atoms with E-state index in [-0.39, 0.29) is 38.2 Å². The van der Waals surface area contributed by atoms with E-state index in [2.05, 4.69) is 62.5 Å². The van der Waals surface area contributed by atoms with E-state index < -0.39 is 18.4 Å². The number of hydrogen-bond donors (Lipinski definition) is 1. The number of unbranched alkanes of at least 4 members (excludes halogenated alkanes) is 53. The zero-order chi connectivity index (χ0) is 66.8. The highest BCUT2D eigenvalue weighted by Crippen LogP contribution is 2.20. The second-order valence-electron chi connectivity index (χ2n) is 28.7. The van der Waals surface area contributed by atoms with Crippen molar-refractivity contribution in [1.29, 1.82) is 0 Å². The molecular weight excluding hydrogens is 1140 g/mol. The van der Waals surface area contributed by atoms with Crippen LogP contribution in [0.25, 0.3) is 0 Å². The molecule has 1 N–H and O–H groups in total. The van der Waals surface area contributed by atoms with Crippen LogP contribution in [0.15, 0.2) is 48.6 Å². The average molecular weight is 1300 g/mol. The van der Waals surface area contributed by atoms with Crippen molar-refractivity contribution in [3.05, 3.63) is 48.6 Å². The number of carbonyl (C=O) groups excluding carboxylic acids is 2. The summed E-state index contributed by atoms with van der Waals surface area (Å²) in [6.45, 7) is 4.84. The summed E-state index contributed by atoms with van der Waals surface area (Å²) in [5, 5.41) is 9.77. The van der Waals surface area contributed by atoms with E-state index in [0.717, 1.165) is 64.2 Å². The summed E-state index contributed by atoms with van der Waals surface area (Å²) < 4.78 is 23.1. The van der Waals surface area contributed by atoms with Gasteiger partial charge in [-0.2, -0.15) is 0 Å². The first-order valence-electron chi connectivity index (χ1n) is 40.3. The van der Waals surface area contributed by atoms with Gasteiger partial charge in [-0.05, 0) is 51.4 Å². The maximum Gasteiger partial charge on any atom is 0.361 e. The molecule has 9 nitrogen and oxygen atoms in total. The average Bonchev–Trinajstić information content (AvgIpc) is 3.70. The molecule has 0 aliphatic rings. The van der Waals surface area contributed by atoms with Crippen LogP contribution in [0.5, 0.6) is 0 Å². The van der Waals surface area contributed by atoms with E-state index in [4.69, 9.17) is 18.9 Å². The standard InChI is InChI=1S/C83H155NO8/c1-6-8-10-12-14-16-18-20-22-24-26-28-30-32-34-35-36-37-38-39-40-41-42-43-44-45-46-48-49-51-53-55-57-59-61-63-65-67-69-71-73-80(85)90-77-79(78-91-83(82(87)88)89-76-75-84(3,4)5)92-81(86)74-72-70-68-66-64-62-60-58-56-54-52-50-47-33-31-29-27-25-23-21-19-17-15-13-11-9-7-2/h9,11,15,17,21,23,27,29,79,83H,6-8,10,12-14,16,18-20,22,24-26,28,30-78H2,1-5H3/p+1/b11-9-,17-15-,23-21-,29-27-. The maximum atomic E-state index is 13.0. The highest BCUT2D eigenvalue weighted by Gasteiger charge is 2.25. The lowest BCUT2D eigenvalue weighted by atomic mass is 10.0. The summed E-state index contributed by atoms with van der Waals surface area (Å²) >= 11 is 0. The van der Waals surface area contributed by atoms with Gasteiger partial charge in [0.2, 0.25) is 0 Å². The van der Waals surface area contributed by atoms with Gasteiger partial charge in [-0.1, -0.05) is 390 Å². The minimum atomic E-state index is -1.51. The van der Waals surface area contributed by atoms with E-state index >= 15 is 0 Å². The van der Waals surface area contributed by atoms with E-state index in [1.165, 1.54) is 315 Å². The Labute approximate surface area is 572 Å². The van der Waals surface area contributed by atoms with Crippen LogP contribution in [-0.4, -0.2) is 87.4 Å². The summed E-state index contributed by atoms with van der Waals surface area (Å²) in [4.78, 5) is 37.7. The highest BCUT2D eigenvalue weighted by atomic mass is 16.7. The van der Waals surface area contributed by atoms with Gasteiger partial charge in [-0.15, -0.1) is 0 Å². The number of rotatable bonds is 76. The monoisotopic (exact) mass is 1300 g/mol. The summed E-state index contributed by atoms with van der Waals surface area (Å²) in [6.07, 6.45) is 94.3. The van der Waals surface area contributed by atoms with Gasteiger partial charge in [0.05, 0.1) is 34.4 Å². The second kappa shape index (κ2) is 74.0. The topological polar surface area (TPSA) is 108 Å². The third-order valence-electron chi connectivity index (χ3n) is 18.3. The number of ether oxygens (including phenoxy) is 4. The van der Waals surface area contributed by atoms with Crippen molar-refractivity contribution in [1.82, 2.24) is 0 Å². The molecule has 0 saturated heterocycles. The summed E-state index contributed by atoms with van der Waals surface area (Å²) in [7, 11) is 5.99. The van der Waals surface area contributed by atoms with Gasteiger partial charge in [-0.25, -0.2) is 4.79 Å². The maximum absolute atomic E-state index is 13.0. The van der Waals surface area contributed by atoms with Crippen LogP contribution in [-0.2, 0) is 33.3 Å².